The molecule has 0 radical (unpaired) electrons. The van der Waals surface area contributed by atoms with Gasteiger partial charge in [0.2, 0.25) is 0 Å². The molecule has 0 amide bonds. The van der Waals surface area contributed by atoms with Gasteiger partial charge in [-0.2, -0.15) is 5.10 Å². The zero-order chi connectivity index (χ0) is 13.1. The normalized spacial score (nSPS) is 23.2. The molecule has 0 aliphatic heterocycles. The predicted octanol–water partition coefficient (Wildman–Crippen LogP) is 3.86. The van der Waals surface area contributed by atoms with E-state index in [1.807, 2.05) is 23.1 Å². The first-order chi connectivity index (χ1) is 9.33. The van der Waals surface area contributed by atoms with Crippen LogP contribution in [-0.2, 0) is 0 Å². The van der Waals surface area contributed by atoms with E-state index in [9.17, 15) is 0 Å². The third-order valence-corrected chi connectivity index (χ3v) is 3.95. The Morgan fingerprint density at radius 2 is 2.11 bits per heavy atom. The number of anilines is 1. The highest BCUT2D eigenvalue weighted by Gasteiger charge is 2.19. The summed E-state index contributed by atoms with van der Waals surface area (Å²) >= 11 is 0. The molecule has 1 heterocycles. The molecule has 1 aromatic carbocycles. The minimum absolute atomic E-state index is 0.598. The van der Waals surface area contributed by atoms with Crippen LogP contribution in [0.25, 0.3) is 5.69 Å². The van der Waals surface area contributed by atoms with Gasteiger partial charge in [-0.05, 0) is 37.0 Å². The van der Waals surface area contributed by atoms with Gasteiger partial charge in [-0.25, -0.2) is 4.68 Å². The van der Waals surface area contributed by atoms with Crippen molar-refractivity contribution in [3.63, 3.8) is 0 Å². The smallest absolute Gasteiger partial charge is 0.0876 e. The van der Waals surface area contributed by atoms with E-state index >= 15 is 0 Å². The number of aromatic nitrogens is 2. The molecule has 1 saturated carbocycles. The second-order valence-electron chi connectivity index (χ2n) is 5.58. The number of rotatable bonds is 3. The van der Waals surface area contributed by atoms with Gasteiger partial charge in [0.1, 0.15) is 0 Å². The molecule has 1 N–H and O–H groups in total. The summed E-state index contributed by atoms with van der Waals surface area (Å²) in [6, 6.07) is 11.0. The molecule has 0 spiro atoms. The van der Waals surface area contributed by atoms with Gasteiger partial charge in [0.15, 0.2) is 0 Å². The molecule has 2 atom stereocenters. The van der Waals surface area contributed by atoms with Gasteiger partial charge < -0.3 is 5.32 Å². The zero-order valence-corrected chi connectivity index (χ0v) is 11.4. The van der Waals surface area contributed by atoms with Crippen molar-refractivity contribution < 1.29 is 0 Å². The van der Waals surface area contributed by atoms with Crippen molar-refractivity contribution in [3.05, 3.63) is 42.7 Å². The Balaban J connectivity index is 1.81. The van der Waals surface area contributed by atoms with Gasteiger partial charge in [0.25, 0.3) is 0 Å². The maximum absolute atomic E-state index is 4.33. The molecule has 2 unspecified atom stereocenters. The highest BCUT2D eigenvalue weighted by molar-refractivity contribution is 5.61. The van der Waals surface area contributed by atoms with Crippen molar-refractivity contribution in [2.24, 2.45) is 5.92 Å². The van der Waals surface area contributed by atoms with Crippen LogP contribution < -0.4 is 5.32 Å². The summed E-state index contributed by atoms with van der Waals surface area (Å²) in [5.41, 5.74) is 2.32. The van der Waals surface area contributed by atoms with Gasteiger partial charge in [0.05, 0.1) is 11.4 Å². The molecular weight excluding hydrogens is 234 g/mol. The predicted molar refractivity (Wildman–Crippen MR) is 78.6 cm³/mol. The quantitative estimate of drug-likeness (QED) is 0.902. The van der Waals surface area contributed by atoms with Crippen molar-refractivity contribution in [1.29, 1.82) is 0 Å². The average molecular weight is 255 g/mol. The third kappa shape index (κ3) is 2.80. The van der Waals surface area contributed by atoms with E-state index < -0.39 is 0 Å². The topological polar surface area (TPSA) is 29.9 Å². The van der Waals surface area contributed by atoms with Crippen LogP contribution >= 0.6 is 0 Å². The fraction of sp³-hybridized carbons (Fsp3) is 0.438. The van der Waals surface area contributed by atoms with Crippen molar-refractivity contribution in [2.75, 3.05) is 5.32 Å². The number of hydrogen-bond acceptors (Lipinski definition) is 2. The third-order valence-electron chi connectivity index (χ3n) is 3.95. The van der Waals surface area contributed by atoms with Gasteiger partial charge in [0, 0.05) is 18.4 Å². The second-order valence-corrected chi connectivity index (χ2v) is 5.58. The molecule has 0 bridgehead atoms. The van der Waals surface area contributed by atoms with E-state index in [0.717, 1.165) is 11.6 Å². The summed E-state index contributed by atoms with van der Waals surface area (Å²) in [4.78, 5) is 0. The van der Waals surface area contributed by atoms with E-state index in [2.05, 4.69) is 41.6 Å². The van der Waals surface area contributed by atoms with E-state index in [0.29, 0.717) is 6.04 Å². The summed E-state index contributed by atoms with van der Waals surface area (Å²) in [6.45, 7) is 2.35. The molecule has 1 fully saturated rings. The minimum Gasteiger partial charge on any atom is -0.381 e. The Kier molecular flexibility index (Phi) is 3.53. The van der Waals surface area contributed by atoms with Crippen LogP contribution in [0.2, 0.25) is 0 Å². The van der Waals surface area contributed by atoms with Crippen LogP contribution in [0.4, 0.5) is 5.69 Å². The van der Waals surface area contributed by atoms with Gasteiger partial charge in [-0.3, -0.25) is 0 Å². The standard InChI is InChI=1S/C16H21N3/c1-13-6-4-7-14(12-13)18-15-8-2-3-9-16(15)19-11-5-10-17-19/h2-3,5,8-11,13-14,18H,4,6-7,12H2,1H3. The average Bonchev–Trinajstić information content (AvgIpc) is 2.93. The van der Waals surface area contributed by atoms with Crippen LogP contribution in [0, 0.1) is 5.92 Å². The largest absolute Gasteiger partial charge is 0.381 e. The lowest BCUT2D eigenvalue weighted by molar-refractivity contribution is 0.358. The lowest BCUT2D eigenvalue weighted by atomic mass is 9.87. The Bertz CT molecular complexity index is 519. The zero-order valence-electron chi connectivity index (χ0n) is 11.4. The fourth-order valence-corrected chi connectivity index (χ4v) is 2.99. The first kappa shape index (κ1) is 12.3. The summed E-state index contributed by atoms with van der Waals surface area (Å²) < 4.78 is 1.93. The molecule has 100 valence electrons. The molecule has 1 aliphatic rings. The SMILES string of the molecule is CC1CCCC(Nc2ccccc2-n2cccn2)C1. The van der Waals surface area contributed by atoms with Gasteiger partial charge in [-0.1, -0.05) is 31.9 Å². The van der Waals surface area contributed by atoms with Gasteiger partial charge >= 0.3 is 0 Å². The number of para-hydroxylation sites is 2. The molecule has 1 aromatic heterocycles. The van der Waals surface area contributed by atoms with Crippen molar-refractivity contribution in [2.45, 2.75) is 38.6 Å². The van der Waals surface area contributed by atoms with Crippen LogP contribution in [0.5, 0.6) is 0 Å². The van der Waals surface area contributed by atoms with E-state index in [1.54, 1.807) is 0 Å². The number of benzene rings is 1. The first-order valence-corrected chi connectivity index (χ1v) is 7.18. The molecular formula is C16H21N3. The molecule has 0 saturated heterocycles. The van der Waals surface area contributed by atoms with Crippen LogP contribution in [0.1, 0.15) is 32.6 Å². The monoisotopic (exact) mass is 255 g/mol. The van der Waals surface area contributed by atoms with E-state index in [4.69, 9.17) is 0 Å². The maximum Gasteiger partial charge on any atom is 0.0876 e. The molecule has 1 aliphatic carbocycles. The molecule has 3 rings (SSSR count). The molecule has 19 heavy (non-hydrogen) atoms. The molecule has 2 aromatic rings. The van der Waals surface area contributed by atoms with E-state index in [-0.39, 0.29) is 0 Å². The first-order valence-electron chi connectivity index (χ1n) is 7.18. The summed E-state index contributed by atoms with van der Waals surface area (Å²) in [5.74, 6) is 0.836. The van der Waals surface area contributed by atoms with Crippen molar-refractivity contribution in [1.82, 2.24) is 9.78 Å². The Hall–Kier alpha value is -1.77. The Morgan fingerprint density at radius 1 is 1.21 bits per heavy atom. The highest BCUT2D eigenvalue weighted by Crippen LogP contribution is 2.28. The number of nitrogens with one attached hydrogen (secondary N) is 1. The van der Waals surface area contributed by atoms with Crippen LogP contribution in [-0.4, -0.2) is 15.8 Å². The Morgan fingerprint density at radius 3 is 2.89 bits per heavy atom. The van der Waals surface area contributed by atoms with Crippen molar-refractivity contribution >= 4 is 5.69 Å². The minimum atomic E-state index is 0.598. The summed E-state index contributed by atoms with van der Waals surface area (Å²) in [5, 5.41) is 8.04. The summed E-state index contributed by atoms with van der Waals surface area (Å²) in [7, 11) is 0. The maximum atomic E-state index is 4.33. The highest BCUT2D eigenvalue weighted by atomic mass is 15.3. The van der Waals surface area contributed by atoms with Crippen LogP contribution in [0.15, 0.2) is 42.7 Å². The van der Waals surface area contributed by atoms with Crippen molar-refractivity contribution in [3.8, 4) is 5.69 Å². The second kappa shape index (κ2) is 5.47. The lowest BCUT2D eigenvalue weighted by Gasteiger charge is -2.29. The molecule has 3 heteroatoms. The lowest BCUT2D eigenvalue weighted by Crippen LogP contribution is -2.26. The number of nitrogens with zero attached hydrogens (tertiary/aromatic N) is 2. The van der Waals surface area contributed by atoms with Crippen LogP contribution in [0.3, 0.4) is 0 Å². The fourth-order valence-electron chi connectivity index (χ4n) is 2.99. The summed E-state index contributed by atoms with van der Waals surface area (Å²) in [6.07, 6.45) is 9.07. The van der Waals surface area contributed by atoms with E-state index in [1.165, 1.54) is 31.4 Å². The number of hydrogen-bond donors (Lipinski definition) is 1. The Labute approximate surface area is 114 Å². The van der Waals surface area contributed by atoms with Gasteiger partial charge in [-0.15, -0.1) is 0 Å². The molecule has 3 nitrogen and oxygen atoms in total.